The Hall–Kier alpha value is -3.68. The minimum absolute atomic E-state index is 0.00642. The molecule has 0 unspecified atom stereocenters. The third-order valence-electron chi connectivity index (χ3n) is 5.20. The van der Waals surface area contributed by atoms with E-state index in [2.05, 4.69) is 10.6 Å². The van der Waals surface area contributed by atoms with E-state index in [4.69, 9.17) is 4.74 Å². The largest absolute Gasteiger partial charge is 0.480 e. The number of hydrogen-bond donors (Lipinski definition) is 3. The first-order valence-corrected chi connectivity index (χ1v) is 11.3. The van der Waals surface area contributed by atoms with E-state index >= 15 is 0 Å². The molecule has 182 valence electrons. The van der Waals surface area contributed by atoms with Gasteiger partial charge in [0, 0.05) is 24.1 Å². The molecule has 1 aromatic rings. The Kier molecular flexibility index (Phi) is 10.8. The lowest BCUT2D eigenvalue weighted by Gasteiger charge is -2.16. The fourth-order valence-corrected chi connectivity index (χ4v) is 3.31. The summed E-state index contributed by atoms with van der Waals surface area (Å²) in [7, 11) is 1.70. The predicted molar refractivity (Wildman–Crippen MR) is 131 cm³/mol. The molecular formula is C26H34N3O5+. The van der Waals surface area contributed by atoms with Gasteiger partial charge in [0.05, 0.1) is 0 Å². The minimum atomic E-state index is -1.08. The number of nitrogens with zero attached hydrogens (tertiary/aromatic N) is 1. The van der Waals surface area contributed by atoms with Crippen molar-refractivity contribution >= 4 is 24.2 Å². The Morgan fingerprint density at radius 3 is 2.53 bits per heavy atom. The number of carbonyl (C=O) groups excluding carboxylic acids is 2. The van der Waals surface area contributed by atoms with Crippen molar-refractivity contribution in [2.45, 2.75) is 51.6 Å². The lowest BCUT2D eigenvalue weighted by atomic mass is 10.00. The average Bonchev–Trinajstić information content (AvgIpc) is 2.81. The van der Waals surface area contributed by atoms with Crippen LogP contribution >= 0.6 is 0 Å². The number of amides is 2. The molecule has 1 aromatic carbocycles. The van der Waals surface area contributed by atoms with Gasteiger partial charge < -0.3 is 20.5 Å². The van der Waals surface area contributed by atoms with E-state index in [1.807, 2.05) is 55.5 Å². The zero-order valence-corrected chi connectivity index (χ0v) is 20.0. The summed E-state index contributed by atoms with van der Waals surface area (Å²) >= 11 is 0. The number of carboxylic acids is 1. The summed E-state index contributed by atoms with van der Waals surface area (Å²) in [6, 6.07) is 8.76. The zero-order chi connectivity index (χ0) is 24.9. The van der Waals surface area contributed by atoms with Crippen molar-refractivity contribution in [3.05, 3.63) is 71.3 Å². The van der Waals surface area contributed by atoms with Gasteiger partial charge >= 0.3 is 12.1 Å². The first kappa shape index (κ1) is 26.6. The van der Waals surface area contributed by atoms with Crippen LogP contribution in [-0.4, -0.2) is 59.7 Å². The number of rotatable bonds is 11. The maximum atomic E-state index is 12.4. The molecule has 1 aliphatic carbocycles. The Morgan fingerprint density at radius 1 is 1.15 bits per heavy atom. The smallest absolute Gasteiger partial charge is 0.412 e. The summed E-state index contributed by atoms with van der Waals surface area (Å²) in [4.78, 5) is 36.0. The van der Waals surface area contributed by atoms with Crippen LogP contribution in [0.15, 0.2) is 65.8 Å². The molecule has 2 atom stereocenters. The SMILES string of the molecule is C/C(=C\C=[N+](/C)COC(=O)N[C@@H](C)Cc1ccccc1)C(=O)N[C@@H](CC1=CCCC=C1)C(=O)O. The van der Waals surface area contributed by atoms with E-state index in [9.17, 15) is 19.5 Å². The summed E-state index contributed by atoms with van der Waals surface area (Å²) in [5.74, 6) is -1.55. The Labute approximate surface area is 200 Å². The van der Waals surface area contributed by atoms with Crippen LogP contribution < -0.4 is 10.6 Å². The highest BCUT2D eigenvalue weighted by Gasteiger charge is 2.21. The highest BCUT2D eigenvalue weighted by atomic mass is 16.6. The molecule has 0 spiro atoms. The van der Waals surface area contributed by atoms with Gasteiger partial charge in [0.15, 0.2) is 6.21 Å². The maximum Gasteiger partial charge on any atom is 0.412 e. The Balaban J connectivity index is 1.80. The maximum absolute atomic E-state index is 12.4. The van der Waals surface area contributed by atoms with Crippen LogP contribution in [0.3, 0.4) is 0 Å². The molecule has 8 nitrogen and oxygen atoms in total. The fourth-order valence-electron chi connectivity index (χ4n) is 3.31. The molecule has 1 aliphatic rings. The number of hydrogen-bond acceptors (Lipinski definition) is 4. The molecule has 0 aliphatic heterocycles. The molecule has 0 fully saturated rings. The molecule has 0 radical (unpaired) electrons. The monoisotopic (exact) mass is 468 g/mol. The summed E-state index contributed by atoms with van der Waals surface area (Å²) in [5, 5.41) is 14.8. The number of ether oxygens (including phenoxy) is 1. The summed E-state index contributed by atoms with van der Waals surface area (Å²) in [6.07, 6.45) is 11.2. The number of benzene rings is 1. The lowest BCUT2D eigenvalue weighted by molar-refractivity contribution is -0.528. The third kappa shape index (κ3) is 9.85. The quantitative estimate of drug-likeness (QED) is 0.200. The van der Waals surface area contributed by atoms with Crippen LogP contribution in [0.5, 0.6) is 0 Å². The van der Waals surface area contributed by atoms with Crippen molar-refractivity contribution in [1.29, 1.82) is 0 Å². The van der Waals surface area contributed by atoms with Gasteiger partial charge in [-0.3, -0.25) is 4.79 Å². The van der Waals surface area contributed by atoms with Gasteiger partial charge in [0.1, 0.15) is 13.1 Å². The van der Waals surface area contributed by atoms with Gasteiger partial charge in [-0.15, -0.1) is 0 Å². The molecule has 0 heterocycles. The standard InChI is InChI=1S/C26H33N3O5/c1-19(24(30)28-23(25(31)32)17-22-12-8-5-9-13-22)14-15-29(3)18-34-26(33)27-20(2)16-21-10-6-4-7-11-21/h4,6-8,10-15,20,23H,5,9,16-18H2,1-3H3,(H2-,27,28,30,31,32,33)/p+1/b19-14+,29-15+/t20-,23-/m0/s1. The van der Waals surface area contributed by atoms with E-state index < -0.39 is 24.0 Å². The second-order valence-corrected chi connectivity index (χ2v) is 8.38. The normalized spacial score (nSPS) is 15.7. The van der Waals surface area contributed by atoms with Gasteiger partial charge in [0.2, 0.25) is 5.91 Å². The molecule has 0 bridgehead atoms. The third-order valence-corrected chi connectivity index (χ3v) is 5.20. The van der Waals surface area contributed by atoms with Gasteiger partial charge in [-0.1, -0.05) is 48.6 Å². The van der Waals surface area contributed by atoms with E-state index in [1.54, 1.807) is 30.8 Å². The lowest BCUT2D eigenvalue weighted by Crippen LogP contribution is -2.41. The van der Waals surface area contributed by atoms with Crippen LogP contribution in [-0.2, 0) is 20.7 Å². The van der Waals surface area contributed by atoms with Crippen LogP contribution in [0.25, 0.3) is 0 Å². The first-order valence-electron chi connectivity index (χ1n) is 11.3. The number of carboxylic acid groups (broad SMARTS) is 1. The molecule has 8 heteroatoms. The van der Waals surface area contributed by atoms with Crippen LogP contribution in [0.1, 0.15) is 38.7 Å². The highest BCUT2D eigenvalue weighted by molar-refractivity contribution is 5.98. The average molecular weight is 469 g/mol. The molecular weight excluding hydrogens is 434 g/mol. The first-order chi connectivity index (χ1) is 16.2. The topological polar surface area (TPSA) is 108 Å². The summed E-state index contributed by atoms with van der Waals surface area (Å²) in [5.41, 5.74) is 2.37. The number of nitrogens with one attached hydrogen (secondary N) is 2. The van der Waals surface area contributed by atoms with Gasteiger partial charge in [-0.25, -0.2) is 14.2 Å². The molecule has 3 N–H and O–H groups in total. The van der Waals surface area contributed by atoms with Gasteiger partial charge in [-0.2, -0.15) is 0 Å². The zero-order valence-electron chi connectivity index (χ0n) is 20.0. The van der Waals surface area contributed by atoms with Gasteiger partial charge in [0.25, 0.3) is 6.73 Å². The minimum Gasteiger partial charge on any atom is -0.480 e. The van der Waals surface area contributed by atoms with Crippen molar-refractivity contribution in [2.75, 3.05) is 13.8 Å². The van der Waals surface area contributed by atoms with E-state index in [0.717, 1.165) is 24.0 Å². The molecule has 0 saturated heterocycles. The molecule has 34 heavy (non-hydrogen) atoms. The molecule has 2 amide bonds. The molecule has 2 rings (SSSR count). The van der Waals surface area contributed by atoms with Crippen LogP contribution in [0, 0.1) is 0 Å². The van der Waals surface area contributed by atoms with Crippen molar-refractivity contribution in [2.24, 2.45) is 0 Å². The van der Waals surface area contributed by atoms with E-state index in [1.165, 1.54) is 0 Å². The second kappa shape index (κ2) is 13.8. The number of alkyl carbamates (subject to hydrolysis) is 1. The van der Waals surface area contributed by atoms with E-state index in [0.29, 0.717) is 12.0 Å². The molecule has 0 saturated carbocycles. The predicted octanol–water partition coefficient (Wildman–Crippen LogP) is 3.20. The summed E-state index contributed by atoms with van der Waals surface area (Å²) in [6.45, 7) is 3.49. The van der Waals surface area contributed by atoms with Crippen molar-refractivity contribution in [3.8, 4) is 0 Å². The van der Waals surface area contributed by atoms with Crippen LogP contribution in [0.4, 0.5) is 4.79 Å². The number of carbonyl (C=O) groups is 3. The Bertz CT molecular complexity index is 979. The highest BCUT2D eigenvalue weighted by Crippen LogP contribution is 2.15. The molecule has 0 aromatic heterocycles. The van der Waals surface area contributed by atoms with Crippen molar-refractivity contribution < 1.29 is 28.8 Å². The van der Waals surface area contributed by atoms with Crippen LogP contribution in [0.2, 0.25) is 0 Å². The number of allylic oxidation sites excluding steroid dienone is 4. The summed E-state index contributed by atoms with van der Waals surface area (Å²) < 4.78 is 6.81. The van der Waals surface area contributed by atoms with E-state index in [-0.39, 0.29) is 19.2 Å². The van der Waals surface area contributed by atoms with Gasteiger partial charge in [-0.05, 0) is 44.2 Å². The Morgan fingerprint density at radius 2 is 1.88 bits per heavy atom. The number of aliphatic carboxylic acids is 1. The second-order valence-electron chi connectivity index (χ2n) is 8.38. The fraction of sp³-hybridized carbons (Fsp3) is 0.385. The van der Waals surface area contributed by atoms with Crippen molar-refractivity contribution in [3.63, 3.8) is 0 Å². The van der Waals surface area contributed by atoms with Crippen molar-refractivity contribution in [1.82, 2.24) is 10.6 Å².